The number of rotatable bonds is 9. The van der Waals surface area contributed by atoms with E-state index in [2.05, 4.69) is 15.4 Å². The van der Waals surface area contributed by atoms with Gasteiger partial charge in [-0.15, -0.1) is 0 Å². The predicted octanol–water partition coefficient (Wildman–Crippen LogP) is 6.71. The first-order chi connectivity index (χ1) is 21.1. The highest BCUT2D eigenvalue weighted by atomic mass is 32.2. The van der Waals surface area contributed by atoms with Gasteiger partial charge >= 0.3 is 0 Å². The molecule has 44 heavy (non-hydrogen) atoms. The van der Waals surface area contributed by atoms with Crippen molar-refractivity contribution in [3.05, 3.63) is 83.4 Å². The molecule has 0 saturated carbocycles. The Labute approximate surface area is 254 Å². The van der Waals surface area contributed by atoms with Gasteiger partial charge in [0.05, 0.1) is 22.0 Å². The Morgan fingerprint density at radius 3 is 2.50 bits per heavy atom. The molecule has 1 N–H and O–H groups in total. The Morgan fingerprint density at radius 2 is 1.84 bits per heavy atom. The molecule has 0 radical (unpaired) electrons. The van der Waals surface area contributed by atoms with E-state index in [1.54, 1.807) is 36.0 Å². The van der Waals surface area contributed by atoms with Gasteiger partial charge in [-0.3, -0.25) is 9.25 Å². The predicted molar refractivity (Wildman–Crippen MR) is 165 cm³/mol. The molecule has 9 nitrogen and oxygen atoms in total. The van der Waals surface area contributed by atoms with Crippen LogP contribution in [-0.4, -0.2) is 45.6 Å². The largest absolute Gasteiger partial charge is 0.358 e. The molecule has 1 aliphatic heterocycles. The average molecular weight is 621 g/mol. The number of sulfone groups is 1. The van der Waals surface area contributed by atoms with Crippen LogP contribution < -0.4 is 5.32 Å². The summed E-state index contributed by atoms with van der Waals surface area (Å²) in [4.78, 5) is 9.24. The molecule has 4 heterocycles. The van der Waals surface area contributed by atoms with Gasteiger partial charge in [0.2, 0.25) is 0 Å². The average Bonchev–Trinajstić information content (AvgIpc) is 3.56. The normalized spacial score (nSPS) is 15.7. The summed E-state index contributed by atoms with van der Waals surface area (Å²) in [5.41, 5.74) is 5.19. The Balaban J connectivity index is 1.49. The lowest BCUT2D eigenvalue weighted by molar-refractivity contribution is -0.0363. The molecular formula is C32H34F2N6O3S. The third kappa shape index (κ3) is 6.09. The Hall–Kier alpha value is -4.16. The molecule has 1 atom stereocenters. The first-order valence-corrected chi connectivity index (χ1v) is 16.4. The molecule has 0 bridgehead atoms. The van der Waals surface area contributed by atoms with Crippen molar-refractivity contribution in [2.75, 3.05) is 18.2 Å². The minimum absolute atomic E-state index is 0.0555. The van der Waals surface area contributed by atoms with Crippen LogP contribution in [0.25, 0.3) is 22.4 Å². The second-order valence-corrected chi connectivity index (χ2v) is 13.2. The smallest absolute Gasteiger partial charge is 0.295 e. The number of aromatic nitrogens is 5. The second kappa shape index (κ2) is 12.1. The highest BCUT2D eigenvalue weighted by molar-refractivity contribution is 7.90. The molecule has 0 spiro atoms. The van der Waals surface area contributed by atoms with Crippen molar-refractivity contribution in [1.29, 1.82) is 0 Å². The van der Waals surface area contributed by atoms with Crippen molar-refractivity contribution in [2.24, 2.45) is 7.05 Å². The van der Waals surface area contributed by atoms with Crippen LogP contribution in [0.1, 0.15) is 54.6 Å². The molecule has 3 aromatic heterocycles. The summed E-state index contributed by atoms with van der Waals surface area (Å²) in [6.07, 6.45) is 3.00. The van der Waals surface area contributed by atoms with E-state index in [0.29, 0.717) is 54.2 Å². The van der Waals surface area contributed by atoms with Crippen molar-refractivity contribution in [2.45, 2.75) is 56.6 Å². The van der Waals surface area contributed by atoms with Gasteiger partial charge in [0.25, 0.3) is 6.43 Å². The molecule has 0 amide bonds. The molecule has 6 rings (SSSR count). The first kappa shape index (κ1) is 29.9. The van der Waals surface area contributed by atoms with E-state index in [-0.39, 0.29) is 16.1 Å². The summed E-state index contributed by atoms with van der Waals surface area (Å²) >= 11 is 0. The fourth-order valence-electron chi connectivity index (χ4n) is 5.75. The van der Waals surface area contributed by atoms with E-state index in [1.807, 2.05) is 43.5 Å². The summed E-state index contributed by atoms with van der Waals surface area (Å²) in [6.45, 7) is 2.37. The van der Waals surface area contributed by atoms with Gasteiger partial charge in [-0.1, -0.05) is 36.4 Å². The minimum Gasteiger partial charge on any atom is -0.358 e. The number of anilines is 2. The van der Waals surface area contributed by atoms with E-state index in [1.165, 1.54) is 4.57 Å². The fourth-order valence-corrected chi connectivity index (χ4v) is 6.61. The standard InChI is InChI=1S/C32H34F2N6O3S/c1-20-19-39(2)38-28(20)22-13-15-24(26(17-22)44(3,41)42)36-25-18-23(14-12-21-9-5-4-6-10-21)35-31-29(25)37-32(30(33)34)40(31)27-11-7-8-16-43-27/h4-6,9-10,13,15,17-19,27,30H,7-8,11-12,14,16H2,1-3H3,(H,35,36). The van der Waals surface area contributed by atoms with Crippen LogP contribution in [0.5, 0.6) is 0 Å². The summed E-state index contributed by atoms with van der Waals surface area (Å²) in [5, 5.41) is 7.72. The van der Waals surface area contributed by atoms with E-state index >= 15 is 0 Å². The topological polar surface area (TPSA) is 104 Å². The molecule has 230 valence electrons. The van der Waals surface area contributed by atoms with Crippen molar-refractivity contribution >= 4 is 32.4 Å². The molecule has 1 fully saturated rings. The van der Waals surface area contributed by atoms with Crippen LogP contribution in [0.2, 0.25) is 0 Å². The number of hydrogen-bond acceptors (Lipinski definition) is 7. The highest BCUT2D eigenvalue weighted by Gasteiger charge is 2.29. The van der Waals surface area contributed by atoms with Gasteiger partial charge in [0.1, 0.15) is 11.7 Å². The molecule has 1 aliphatic rings. The monoisotopic (exact) mass is 620 g/mol. The van der Waals surface area contributed by atoms with Crippen LogP contribution in [0.4, 0.5) is 20.2 Å². The number of pyridine rings is 1. The van der Waals surface area contributed by atoms with Crippen LogP contribution in [0.15, 0.2) is 65.7 Å². The van der Waals surface area contributed by atoms with Gasteiger partial charge in [-0.2, -0.15) is 5.10 Å². The fraction of sp³-hybridized carbons (Fsp3) is 0.344. The van der Waals surface area contributed by atoms with E-state index in [0.717, 1.165) is 30.2 Å². The minimum atomic E-state index is -3.71. The summed E-state index contributed by atoms with van der Waals surface area (Å²) < 4.78 is 64.0. The Bertz CT molecular complexity index is 1920. The number of imidazole rings is 1. The SMILES string of the molecule is Cc1cn(C)nc1-c1ccc(Nc2cc(CCc3ccccc3)nc3c2nc(C(F)F)n3C2CCCCO2)c(S(C)(=O)=O)c1. The molecule has 2 aromatic carbocycles. The lowest BCUT2D eigenvalue weighted by Crippen LogP contribution is -2.20. The zero-order valence-corrected chi connectivity index (χ0v) is 25.6. The second-order valence-electron chi connectivity index (χ2n) is 11.2. The van der Waals surface area contributed by atoms with Crippen LogP contribution >= 0.6 is 0 Å². The number of alkyl halides is 2. The lowest BCUT2D eigenvalue weighted by atomic mass is 10.1. The maximum absolute atomic E-state index is 14.4. The van der Waals surface area contributed by atoms with E-state index in [9.17, 15) is 17.2 Å². The van der Waals surface area contributed by atoms with Crippen LogP contribution in [-0.2, 0) is 34.5 Å². The molecule has 0 aliphatic carbocycles. The summed E-state index contributed by atoms with van der Waals surface area (Å²) in [5.74, 6) is -0.424. The third-order valence-electron chi connectivity index (χ3n) is 7.82. The molecular weight excluding hydrogens is 586 g/mol. The number of ether oxygens (including phenoxy) is 1. The number of aryl methyl sites for hydroxylation is 4. The number of benzene rings is 2. The molecule has 12 heteroatoms. The van der Waals surface area contributed by atoms with Crippen LogP contribution in [0.3, 0.4) is 0 Å². The Kier molecular flexibility index (Phi) is 8.21. The highest BCUT2D eigenvalue weighted by Crippen LogP contribution is 2.37. The van der Waals surface area contributed by atoms with Crippen LogP contribution in [0, 0.1) is 6.92 Å². The van der Waals surface area contributed by atoms with E-state index in [4.69, 9.17) is 9.72 Å². The van der Waals surface area contributed by atoms with Gasteiger partial charge in [0, 0.05) is 37.4 Å². The maximum atomic E-state index is 14.4. The number of hydrogen-bond donors (Lipinski definition) is 1. The maximum Gasteiger partial charge on any atom is 0.295 e. The summed E-state index contributed by atoms with van der Waals surface area (Å²) in [7, 11) is -1.91. The van der Waals surface area contributed by atoms with E-state index < -0.39 is 28.3 Å². The third-order valence-corrected chi connectivity index (χ3v) is 8.95. The number of nitrogens with one attached hydrogen (secondary N) is 1. The lowest BCUT2D eigenvalue weighted by Gasteiger charge is -2.25. The molecule has 1 saturated heterocycles. The van der Waals surface area contributed by atoms with Crippen molar-refractivity contribution in [3.8, 4) is 11.3 Å². The first-order valence-electron chi connectivity index (χ1n) is 14.6. The zero-order chi connectivity index (χ0) is 31.0. The number of halogens is 2. The quantitative estimate of drug-likeness (QED) is 0.195. The van der Waals surface area contributed by atoms with Gasteiger partial charge < -0.3 is 10.1 Å². The number of fused-ring (bicyclic) bond motifs is 1. The van der Waals surface area contributed by atoms with Gasteiger partial charge in [-0.05, 0) is 68.4 Å². The number of nitrogens with zero attached hydrogens (tertiary/aromatic N) is 5. The zero-order valence-electron chi connectivity index (χ0n) is 24.8. The van der Waals surface area contributed by atoms with Crippen molar-refractivity contribution in [3.63, 3.8) is 0 Å². The van der Waals surface area contributed by atoms with Crippen molar-refractivity contribution < 1.29 is 21.9 Å². The summed E-state index contributed by atoms with van der Waals surface area (Å²) in [6, 6.07) is 16.7. The molecule has 5 aromatic rings. The molecule has 1 unspecified atom stereocenters. The van der Waals surface area contributed by atoms with Gasteiger partial charge in [-0.25, -0.2) is 27.2 Å². The van der Waals surface area contributed by atoms with Gasteiger partial charge in [0.15, 0.2) is 21.3 Å². The van der Waals surface area contributed by atoms with Crippen molar-refractivity contribution in [1.82, 2.24) is 24.3 Å². The Morgan fingerprint density at radius 1 is 1.05 bits per heavy atom.